The van der Waals surface area contributed by atoms with Crippen molar-refractivity contribution in [3.05, 3.63) is 35.9 Å². The highest BCUT2D eigenvalue weighted by molar-refractivity contribution is 5.90. The third kappa shape index (κ3) is 6.90. The first-order chi connectivity index (χ1) is 13.9. The predicted octanol–water partition coefficient (Wildman–Crippen LogP) is 3.76. The van der Waals surface area contributed by atoms with Gasteiger partial charge in [0.05, 0.1) is 5.52 Å². The van der Waals surface area contributed by atoms with Crippen LogP contribution in [0.5, 0.6) is 0 Å². The summed E-state index contributed by atoms with van der Waals surface area (Å²) >= 11 is 0. The van der Waals surface area contributed by atoms with Crippen molar-refractivity contribution in [1.82, 2.24) is 9.88 Å². The van der Waals surface area contributed by atoms with Crippen LogP contribution in [0.1, 0.15) is 51.2 Å². The first-order valence-corrected chi connectivity index (χ1v) is 10.1. The predicted molar refractivity (Wildman–Crippen MR) is 115 cm³/mol. The lowest BCUT2D eigenvalue weighted by Gasteiger charge is -2.28. The number of amides is 3. The molecule has 1 aromatic carbocycles. The van der Waals surface area contributed by atoms with E-state index in [0.717, 1.165) is 49.7 Å². The van der Waals surface area contributed by atoms with Crippen LogP contribution in [-0.2, 0) is 4.74 Å². The molecule has 5 N–H and O–H groups in total. The number of pyridine rings is 1. The van der Waals surface area contributed by atoms with Crippen molar-refractivity contribution in [1.29, 1.82) is 0 Å². The van der Waals surface area contributed by atoms with Gasteiger partial charge in [0.1, 0.15) is 11.9 Å². The maximum atomic E-state index is 11.7. The number of hydrogen-bond acceptors (Lipinski definition) is 5. The van der Waals surface area contributed by atoms with Gasteiger partial charge in [-0.3, -0.25) is 10.2 Å². The minimum absolute atomic E-state index is 0.304. The number of nitrogens with one attached hydrogen (secondary N) is 1. The van der Waals surface area contributed by atoms with E-state index in [2.05, 4.69) is 29.0 Å². The fraction of sp³-hybridized carbons (Fsp3) is 0.476. The maximum absolute atomic E-state index is 11.7. The summed E-state index contributed by atoms with van der Waals surface area (Å²) in [5.41, 5.74) is 12.0. The van der Waals surface area contributed by atoms with Crippen LogP contribution < -0.4 is 16.8 Å². The molecule has 8 nitrogen and oxygen atoms in total. The third-order valence-electron chi connectivity index (χ3n) is 4.68. The quantitative estimate of drug-likeness (QED) is 0.529. The van der Waals surface area contributed by atoms with Gasteiger partial charge < -0.3 is 16.2 Å². The highest BCUT2D eigenvalue weighted by Gasteiger charge is 2.23. The Bertz CT molecular complexity index is 819. The SMILES string of the molecule is CCCCN(CCCC)CC(OC(N)=O)c1cc(NC(N)=O)nc2ccccc12. The molecule has 29 heavy (non-hydrogen) atoms. The minimum atomic E-state index is -0.841. The first kappa shape index (κ1) is 22.4. The highest BCUT2D eigenvalue weighted by Crippen LogP contribution is 2.29. The van der Waals surface area contributed by atoms with E-state index < -0.39 is 18.2 Å². The number of hydrogen-bond donors (Lipinski definition) is 3. The number of benzene rings is 1. The molecule has 0 saturated heterocycles. The molecule has 0 fully saturated rings. The van der Waals surface area contributed by atoms with Gasteiger partial charge in [-0.2, -0.15) is 0 Å². The Morgan fingerprint density at radius 3 is 2.38 bits per heavy atom. The maximum Gasteiger partial charge on any atom is 0.405 e. The Hall–Kier alpha value is -2.87. The van der Waals surface area contributed by atoms with E-state index in [-0.39, 0.29) is 0 Å². The molecule has 0 saturated carbocycles. The number of nitrogens with zero attached hydrogens (tertiary/aromatic N) is 2. The first-order valence-electron chi connectivity index (χ1n) is 10.1. The molecule has 0 radical (unpaired) electrons. The van der Waals surface area contributed by atoms with E-state index in [0.29, 0.717) is 17.9 Å². The molecule has 3 amide bonds. The van der Waals surface area contributed by atoms with Crippen LogP contribution in [-0.4, -0.2) is 41.6 Å². The lowest BCUT2D eigenvalue weighted by atomic mass is 10.0. The number of ether oxygens (including phenoxy) is 1. The molecule has 1 aromatic heterocycles. The normalized spacial score (nSPS) is 12.1. The van der Waals surface area contributed by atoms with Crippen molar-refractivity contribution in [2.45, 2.75) is 45.6 Å². The van der Waals surface area contributed by atoms with Gasteiger partial charge in [-0.15, -0.1) is 0 Å². The Morgan fingerprint density at radius 2 is 1.79 bits per heavy atom. The molecule has 0 aliphatic heterocycles. The third-order valence-corrected chi connectivity index (χ3v) is 4.68. The summed E-state index contributed by atoms with van der Waals surface area (Å²) in [6.07, 6.45) is 2.83. The molecule has 0 aliphatic rings. The second kappa shape index (κ2) is 11.2. The van der Waals surface area contributed by atoms with Crippen molar-refractivity contribution in [2.75, 3.05) is 25.0 Å². The number of carbonyl (C=O) groups is 2. The molecule has 8 heteroatoms. The summed E-state index contributed by atoms with van der Waals surface area (Å²) in [5.74, 6) is 0.304. The second-order valence-electron chi connectivity index (χ2n) is 7.04. The Balaban J connectivity index is 2.44. The van der Waals surface area contributed by atoms with Crippen LogP contribution in [0.15, 0.2) is 30.3 Å². The number of anilines is 1. The number of para-hydroxylation sites is 1. The molecule has 2 rings (SSSR count). The molecule has 1 heterocycles. The van der Waals surface area contributed by atoms with Gasteiger partial charge in [-0.05, 0) is 38.1 Å². The molecule has 0 aliphatic carbocycles. The fourth-order valence-corrected chi connectivity index (χ4v) is 3.29. The Morgan fingerprint density at radius 1 is 1.14 bits per heavy atom. The van der Waals surface area contributed by atoms with E-state index in [1.807, 2.05) is 24.3 Å². The minimum Gasteiger partial charge on any atom is -0.440 e. The molecular weight excluding hydrogens is 370 g/mol. The van der Waals surface area contributed by atoms with Gasteiger partial charge in [0.2, 0.25) is 0 Å². The van der Waals surface area contributed by atoms with Gasteiger partial charge >= 0.3 is 12.1 Å². The van der Waals surface area contributed by atoms with Gasteiger partial charge in [0.25, 0.3) is 0 Å². The van der Waals surface area contributed by atoms with Crippen LogP contribution in [0.2, 0.25) is 0 Å². The molecule has 158 valence electrons. The number of aromatic nitrogens is 1. The number of carbonyl (C=O) groups excluding carboxylic acids is 2. The topological polar surface area (TPSA) is 124 Å². The molecular formula is C21H31N5O3. The number of fused-ring (bicyclic) bond motifs is 1. The lowest BCUT2D eigenvalue weighted by molar-refractivity contribution is 0.0757. The van der Waals surface area contributed by atoms with Gasteiger partial charge in [0.15, 0.2) is 0 Å². The smallest absolute Gasteiger partial charge is 0.405 e. The summed E-state index contributed by atoms with van der Waals surface area (Å²) in [6, 6.07) is 8.47. The summed E-state index contributed by atoms with van der Waals surface area (Å²) in [5, 5.41) is 3.34. The zero-order valence-electron chi connectivity index (χ0n) is 17.2. The number of primary amides is 2. The zero-order chi connectivity index (χ0) is 21.2. The average Bonchev–Trinajstić information content (AvgIpc) is 2.67. The van der Waals surface area contributed by atoms with Crippen LogP contribution in [0.25, 0.3) is 10.9 Å². The summed E-state index contributed by atoms with van der Waals surface area (Å²) in [4.78, 5) is 29.7. The summed E-state index contributed by atoms with van der Waals surface area (Å²) < 4.78 is 5.52. The summed E-state index contributed by atoms with van der Waals surface area (Å²) in [6.45, 7) is 6.61. The van der Waals surface area contributed by atoms with Crippen molar-refractivity contribution < 1.29 is 14.3 Å². The molecule has 1 unspecified atom stereocenters. The zero-order valence-corrected chi connectivity index (χ0v) is 17.2. The monoisotopic (exact) mass is 401 g/mol. The lowest BCUT2D eigenvalue weighted by Crippen LogP contribution is -2.33. The highest BCUT2D eigenvalue weighted by atomic mass is 16.6. The number of unbranched alkanes of at least 4 members (excludes halogenated alkanes) is 2. The van der Waals surface area contributed by atoms with Crippen LogP contribution in [0, 0.1) is 0 Å². The van der Waals surface area contributed by atoms with Crippen molar-refractivity contribution in [2.24, 2.45) is 11.5 Å². The molecule has 0 spiro atoms. The molecule has 2 aromatic rings. The van der Waals surface area contributed by atoms with Crippen LogP contribution in [0.3, 0.4) is 0 Å². The van der Waals surface area contributed by atoms with E-state index in [9.17, 15) is 9.59 Å². The standard InChI is InChI=1S/C21H31N5O3/c1-3-5-11-26(12-6-4-2)14-18(29-21(23)28)16-13-19(25-20(22)27)24-17-10-8-7-9-15(16)17/h7-10,13,18H,3-6,11-12,14H2,1-2H3,(H2,23,28)(H3,22,24,25,27). The van der Waals surface area contributed by atoms with E-state index in [1.54, 1.807) is 6.07 Å². The van der Waals surface area contributed by atoms with Crippen molar-refractivity contribution in [3.8, 4) is 0 Å². The molecule has 0 bridgehead atoms. The molecule has 1 atom stereocenters. The van der Waals surface area contributed by atoms with Crippen molar-refractivity contribution in [3.63, 3.8) is 0 Å². The van der Waals surface area contributed by atoms with Gasteiger partial charge in [-0.25, -0.2) is 14.6 Å². The Labute approximate surface area is 171 Å². The number of urea groups is 1. The fourth-order valence-electron chi connectivity index (χ4n) is 3.29. The van der Waals surface area contributed by atoms with Gasteiger partial charge in [-0.1, -0.05) is 44.9 Å². The summed E-state index contributed by atoms with van der Waals surface area (Å²) in [7, 11) is 0. The van der Waals surface area contributed by atoms with E-state index in [4.69, 9.17) is 16.2 Å². The Kier molecular flexibility index (Phi) is 8.67. The second-order valence-corrected chi connectivity index (χ2v) is 7.04. The van der Waals surface area contributed by atoms with Crippen LogP contribution >= 0.6 is 0 Å². The number of nitrogens with two attached hydrogens (primary N) is 2. The van der Waals surface area contributed by atoms with Gasteiger partial charge in [0, 0.05) is 17.5 Å². The number of rotatable bonds is 11. The van der Waals surface area contributed by atoms with E-state index in [1.165, 1.54) is 0 Å². The van der Waals surface area contributed by atoms with Crippen molar-refractivity contribution >= 4 is 28.8 Å². The largest absolute Gasteiger partial charge is 0.440 e. The average molecular weight is 402 g/mol. The van der Waals surface area contributed by atoms with Crippen LogP contribution in [0.4, 0.5) is 15.4 Å². The van der Waals surface area contributed by atoms with E-state index >= 15 is 0 Å².